The zero-order valence-electron chi connectivity index (χ0n) is 11.6. The van der Waals surface area contributed by atoms with Crippen LogP contribution >= 0.6 is 12.4 Å². The number of methoxy groups -OCH3 is 3. The number of benzene rings is 1. The van der Waals surface area contributed by atoms with Gasteiger partial charge in [-0.25, -0.2) is 4.79 Å². The first kappa shape index (κ1) is 16.2. The molecule has 0 spiro atoms. The van der Waals surface area contributed by atoms with Crippen molar-refractivity contribution in [3.63, 3.8) is 0 Å². The zero-order valence-corrected chi connectivity index (χ0v) is 12.4. The number of alkyl carbamates (subject to hydrolysis) is 1. The maximum Gasteiger partial charge on any atom is 0.407 e. The monoisotopic (exact) mass is 303 g/mol. The van der Waals surface area contributed by atoms with Crippen LogP contribution in [0.4, 0.5) is 4.79 Å². The summed E-state index contributed by atoms with van der Waals surface area (Å²) in [5, 5.41) is 2.76. The van der Waals surface area contributed by atoms with Crippen molar-refractivity contribution in [3.05, 3.63) is 17.7 Å². The number of hydrogen-bond acceptors (Lipinski definition) is 5. The van der Waals surface area contributed by atoms with Crippen molar-refractivity contribution in [2.45, 2.75) is 12.5 Å². The molecule has 2 rings (SSSR count). The second kappa shape index (κ2) is 7.09. The third kappa shape index (κ3) is 3.19. The van der Waals surface area contributed by atoms with Gasteiger partial charge in [-0.1, -0.05) is 0 Å². The molecule has 1 fully saturated rings. The van der Waals surface area contributed by atoms with Gasteiger partial charge in [-0.3, -0.25) is 0 Å². The van der Waals surface area contributed by atoms with Gasteiger partial charge in [-0.15, -0.1) is 12.4 Å². The van der Waals surface area contributed by atoms with Crippen molar-refractivity contribution in [2.24, 2.45) is 0 Å². The van der Waals surface area contributed by atoms with Crippen LogP contribution in [-0.2, 0) is 4.74 Å². The van der Waals surface area contributed by atoms with Crippen molar-refractivity contribution >= 4 is 18.5 Å². The van der Waals surface area contributed by atoms with Gasteiger partial charge in [0.2, 0.25) is 5.75 Å². The van der Waals surface area contributed by atoms with Crippen LogP contribution in [0, 0.1) is 0 Å². The minimum absolute atomic E-state index is 0. The third-order valence-corrected chi connectivity index (χ3v) is 3.02. The third-order valence-electron chi connectivity index (χ3n) is 3.02. The molecule has 1 heterocycles. The van der Waals surface area contributed by atoms with Crippen molar-refractivity contribution in [1.29, 1.82) is 0 Å². The summed E-state index contributed by atoms with van der Waals surface area (Å²) in [7, 11) is 4.67. The van der Waals surface area contributed by atoms with Gasteiger partial charge in [0.15, 0.2) is 11.5 Å². The van der Waals surface area contributed by atoms with Gasteiger partial charge in [0, 0.05) is 6.42 Å². The fourth-order valence-electron chi connectivity index (χ4n) is 2.08. The molecule has 0 unspecified atom stereocenters. The minimum Gasteiger partial charge on any atom is -0.493 e. The Morgan fingerprint density at radius 1 is 1.15 bits per heavy atom. The van der Waals surface area contributed by atoms with E-state index in [1.54, 1.807) is 21.3 Å². The molecule has 1 atom stereocenters. The first-order valence-corrected chi connectivity index (χ1v) is 5.92. The van der Waals surface area contributed by atoms with Gasteiger partial charge >= 0.3 is 6.09 Å². The molecular weight excluding hydrogens is 286 g/mol. The van der Waals surface area contributed by atoms with E-state index in [9.17, 15) is 4.79 Å². The Kier molecular flexibility index (Phi) is 5.76. The molecular formula is C13H18ClNO5. The molecule has 0 aromatic heterocycles. The zero-order chi connectivity index (χ0) is 13.8. The fraction of sp³-hybridized carbons (Fsp3) is 0.462. The highest BCUT2D eigenvalue weighted by Gasteiger charge is 2.23. The minimum atomic E-state index is -0.412. The van der Waals surface area contributed by atoms with E-state index in [1.807, 2.05) is 12.1 Å². The van der Waals surface area contributed by atoms with Gasteiger partial charge < -0.3 is 24.3 Å². The smallest absolute Gasteiger partial charge is 0.407 e. The van der Waals surface area contributed by atoms with E-state index in [4.69, 9.17) is 18.9 Å². The van der Waals surface area contributed by atoms with Gasteiger partial charge in [0.25, 0.3) is 0 Å². The predicted octanol–water partition coefficient (Wildman–Crippen LogP) is 2.31. The molecule has 1 aromatic rings. The van der Waals surface area contributed by atoms with Crippen LogP contribution in [0.15, 0.2) is 12.1 Å². The number of hydrogen-bond donors (Lipinski definition) is 1. The fourth-order valence-corrected chi connectivity index (χ4v) is 2.08. The Balaban J connectivity index is 0.00000200. The number of amides is 1. The summed E-state index contributed by atoms with van der Waals surface area (Å²) in [6, 6.07) is 3.55. The van der Waals surface area contributed by atoms with E-state index in [1.165, 1.54) is 0 Å². The molecule has 1 aliphatic rings. The number of rotatable bonds is 4. The molecule has 1 N–H and O–H groups in total. The van der Waals surface area contributed by atoms with Gasteiger partial charge in [-0.05, 0) is 17.7 Å². The second-order valence-electron chi connectivity index (χ2n) is 4.08. The van der Waals surface area contributed by atoms with Gasteiger partial charge in [-0.2, -0.15) is 0 Å². The Labute approximate surface area is 123 Å². The maximum absolute atomic E-state index is 11.3. The number of cyclic esters (lactones) is 1. The van der Waals surface area contributed by atoms with Crippen LogP contribution in [0.25, 0.3) is 0 Å². The van der Waals surface area contributed by atoms with Crippen LogP contribution in [0.2, 0.25) is 0 Å². The lowest BCUT2D eigenvalue weighted by Gasteiger charge is -2.25. The first-order chi connectivity index (χ1) is 9.19. The lowest BCUT2D eigenvalue weighted by molar-refractivity contribution is 0.115. The van der Waals surface area contributed by atoms with Crippen molar-refractivity contribution < 1.29 is 23.7 Å². The predicted molar refractivity (Wildman–Crippen MR) is 75.2 cm³/mol. The molecule has 0 saturated carbocycles. The second-order valence-corrected chi connectivity index (χ2v) is 4.08. The molecule has 1 aliphatic heterocycles. The summed E-state index contributed by atoms with van der Waals surface area (Å²) in [5.41, 5.74) is 0.895. The van der Waals surface area contributed by atoms with E-state index in [-0.39, 0.29) is 18.4 Å². The summed E-state index contributed by atoms with van der Waals surface area (Å²) in [5.74, 6) is 1.67. The standard InChI is InChI=1S/C13H17NO5.ClH/c1-16-10-6-8(7-11(17-2)12(10)18-3)9-4-5-19-13(15)14-9;/h6-7,9H,4-5H2,1-3H3,(H,14,15);1H/t9-;/m1./s1. The highest BCUT2D eigenvalue weighted by atomic mass is 35.5. The van der Waals surface area contributed by atoms with Crippen LogP contribution in [0.3, 0.4) is 0 Å². The molecule has 1 aromatic carbocycles. The molecule has 0 bridgehead atoms. The van der Waals surface area contributed by atoms with Crippen molar-refractivity contribution in [1.82, 2.24) is 5.32 Å². The number of halogens is 1. The summed E-state index contributed by atoms with van der Waals surface area (Å²) in [6.07, 6.45) is 0.287. The van der Waals surface area contributed by atoms with E-state index >= 15 is 0 Å². The molecule has 112 valence electrons. The van der Waals surface area contributed by atoms with E-state index in [0.717, 1.165) is 5.56 Å². The van der Waals surface area contributed by atoms with Gasteiger partial charge in [0.05, 0.1) is 34.0 Å². The van der Waals surface area contributed by atoms with E-state index in [0.29, 0.717) is 30.3 Å². The summed E-state index contributed by atoms with van der Waals surface area (Å²) < 4.78 is 20.7. The molecule has 1 amide bonds. The first-order valence-electron chi connectivity index (χ1n) is 5.92. The Morgan fingerprint density at radius 2 is 1.75 bits per heavy atom. The maximum atomic E-state index is 11.3. The summed E-state index contributed by atoms with van der Waals surface area (Å²) in [6.45, 7) is 0.396. The van der Waals surface area contributed by atoms with Gasteiger partial charge in [0.1, 0.15) is 0 Å². The summed E-state index contributed by atoms with van der Waals surface area (Å²) in [4.78, 5) is 11.3. The number of nitrogens with one attached hydrogen (secondary N) is 1. The lowest BCUT2D eigenvalue weighted by atomic mass is 10.0. The highest BCUT2D eigenvalue weighted by Crippen LogP contribution is 2.40. The average molecular weight is 304 g/mol. The van der Waals surface area contributed by atoms with Crippen LogP contribution in [-0.4, -0.2) is 34.0 Å². The SMILES string of the molecule is COc1cc([C@H]2CCOC(=O)N2)cc(OC)c1OC.Cl. The van der Waals surface area contributed by atoms with Crippen molar-refractivity contribution in [3.8, 4) is 17.2 Å². The highest BCUT2D eigenvalue weighted by molar-refractivity contribution is 5.85. The van der Waals surface area contributed by atoms with Crippen LogP contribution < -0.4 is 19.5 Å². The average Bonchev–Trinajstić information content (AvgIpc) is 2.45. The molecule has 0 aliphatic carbocycles. The molecule has 0 radical (unpaired) electrons. The molecule has 20 heavy (non-hydrogen) atoms. The molecule has 1 saturated heterocycles. The largest absolute Gasteiger partial charge is 0.493 e. The topological polar surface area (TPSA) is 66.0 Å². The Hall–Kier alpha value is -1.82. The van der Waals surface area contributed by atoms with E-state index in [2.05, 4.69) is 5.32 Å². The summed E-state index contributed by atoms with van der Waals surface area (Å²) >= 11 is 0. The van der Waals surface area contributed by atoms with Crippen molar-refractivity contribution in [2.75, 3.05) is 27.9 Å². The van der Waals surface area contributed by atoms with Crippen LogP contribution in [0.5, 0.6) is 17.2 Å². The number of carbonyl (C=O) groups excluding carboxylic acids is 1. The quantitative estimate of drug-likeness (QED) is 0.924. The lowest BCUT2D eigenvalue weighted by Crippen LogP contribution is -2.35. The molecule has 7 heteroatoms. The Morgan fingerprint density at radius 3 is 2.20 bits per heavy atom. The number of carbonyl (C=O) groups is 1. The molecule has 6 nitrogen and oxygen atoms in total. The van der Waals surface area contributed by atoms with E-state index < -0.39 is 6.09 Å². The van der Waals surface area contributed by atoms with Crippen LogP contribution in [0.1, 0.15) is 18.0 Å². The Bertz CT molecular complexity index is 455. The number of ether oxygens (including phenoxy) is 4. The normalized spacial score (nSPS) is 17.4.